The van der Waals surface area contributed by atoms with Gasteiger partial charge in [0.25, 0.3) is 0 Å². The Kier molecular flexibility index (Phi) is 4.63. The minimum Gasteiger partial charge on any atom is -0.489 e. The third kappa shape index (κ3) is 3.67. The van der Waals surface area contributed by atoms with E-state index in [1.165, 1.54) is 0 Å². The smallest absolute Gasteiger partial charge is 0.179 e. The van der Waals surface area contributed by atoms with E-state index < -0.39 is 0 Å². The second-order valence-electron chi connectivity index (χ2n) is 4.94. The summed E-state index contributed by atoms with van der Waals surface area (Å²) in [5.74, 6) is 1.40. The van der Waals surface area contributed by atoms with Crippen molar-refractivity contribution < 1.29 is 9.47 Å². The summed E-state index contributed by atoms with van der Waals surface area (Å²) in [4.78, 5) is 4.43. The van der Waals surface area contributed by atoms with E-state index in [2.05, 4.69) is 15.7 Å². The summed E-state index contributed by atoms with van der Waals surface area (Å²) in [7, 11) is 0. The summed E-state index contributed by atoms with van der Waals surface area (Å²) in [6, 6.07) is 3.92. The van der Waals surface area contributed by atoms with Gasteiger partial charge in [0.05, 0.1) is 18.2 Å². The standard InChI is InChI=1S/C15H17ClN2O2S/c1-10-9-21-14(18-10)8-17-7-11-5-12(16)15-13(6-11)19-3-2-4-20-15/h5-6,9,17H,2-4,7-8H2,1H3. The Balaban J connectivity index is 1.65. The van der Waals surface area contributed by atoms with Gasteiger partial charge in [-0.2, -0.15) is 0 Å². The molecule has 0 aliphatic carbocycles. The summed E-state index contributed by atoms with van der Waals surface area (Å²) in [5, 5.41) is 7.13. The van der Waals surface area contributed by atoms with E-state index in [1.54, 1.807) is 11.3 Å². The number of ether oxygens (including phenoxy) is 2. The first-order chi connectivity index (χ1) is 10.2. The molecule has 0 saturated heterocycles. The lowest BCUT2D eigenvalue weighted by Gasteiger charge is -2.11. The molecule has 1 N–H and O–H groups in total. The van der Waals surface area contributed by atoms with Crippen molar-refractivity contribution >= 4 is 22.9 Å². The SMILES string of the molecule is Cc1csc(CNCc2cc(Cl)c3c(c2)OCCCO3)n1. The fourth-order valence-corrected chi connectivity index (χ4v) is 3.21. The molecule has 6 heteroatoms. The monoisotopic (exact) mass is 324 g/mol. The highest BCUT2D eigenvalue weighted by Crippen LogP contribution is 2.37. The normalized spacial score (nSPS) is 14.0. The summed E-state index contributed by atoms with van der Waals surface area (Å²) >= 11 is 7.95. The van der Waals surface area contributed by atoms with E-state index in [9.17, 15) is 0 Å². The molecule has 4 nitrogen and oxygen atoms in total. The zero-order valence-corrected chi connectivity index (χ0v) is 13.4. The average Bonchev–Trinajstić information content (AvgIpc) is 2.73. The number of rotatable bonds is 4. The molecule has 112 valence electrons. The maximum absolute atomic E-state index is 6.28. The van der Waals surface area contributed by atoms with Crippen molar-refractivity contribution in [2.24, 2.45) is 0 Å². The van der Waals surface area contributed by atoms with Crippen LogP contribution in [-0.2, 0) is 13.1 Å². The number of hydrogen-bond acceptors (Lipinski definition) is 5. The molecule has 0 saturated carbocycles. The van der Waals surface area contributed by atoms with Crippen LogP contribution in [0.2, 0.25) is 5.02 Å². The number of aromatic nitrogens is 1. The van der Waals surface area contributed by atoms with Crippen molar-refractivity contribution in [1.29, 1.82) is 0 Å². The molecule has 0 unspecified atom stereocenters. The van der Waals surface area contributed by atoms with Crippen LogP contribution >= 0.6 is 22.9 Å². The van der Waals surface area contributed by atoms with Gasteiger partial charge in [0, 0.05) is 30.6 Å². The molecule has 21 heavy (non-hydrogen) atoms. The fourth-order valence-electron chi connectivity index (χ4n) is 2.18. The molecule has 0 spiro atoms. The predicted octanol–water partition coefficient (Wildman–Crippen LogP) is 3.56. The van der Waals surface area contributed by atoms with Gasteiger partial charge in [0.1, 0.15) is 5.01 Å². The number of nitrogens with one attached hydrogen (secondary N) is 1. The Hall–Kier alpha value is -1.30. The molecular formula is C15H17ClN2O2S. The molecule has 1 aliphatic rings. The van der Waals surface area contributed by atoms with Crippen LogP contribution in [0.25, 0.3) is 0 Å². The highest BCUT2D eigenvalue weighted by Gasteiger charge is 2.15. The van der Waals surface area contributed by atoms with Gasteiger partial charge in [-0.1, -0.05) is 11.6 Å². The average molecular weight is 325 g/mol. The highest BCUT2D eigenvalue weighted by molar-refractivity contribution is 7.09. The van der Waals surface area contributed by atoms with Gasteiger partial charge in [-0.05, 0) is 24.6 Å². The quantitative estimate of drug-likeness (QED) is 0.934. The van der Waals surface area contributed by atoms with Crippen LogP contribution in [0.3, 0.4) is 0 Å². The predicted molar refractivity (Wildman–Crippen MR) is 84.5 cm³/mol. The van der Waals surface area contributed by atoms with Gasteiger partial charge >= 0.3 is 0 Å². The van der Waals surface area contributed by atoms with Crippen molar-refractivity contribution in [2.45, 2.75) is 26.4 Å². The number of benzene rings is 1. The number of thiazole rings is 1. The minimum atomic E-state index is 0.608. The maximum Gasteiger partial charge on any atom is 0.179 e. The van der Waals surface area contributed by atoms with E-state index in [4.69, 9.17) is 21.1 Å². The van der Waals surface area contributed by atoms with Crippen LogP contribution in [0.15, 0.2) is 17.5 Å². The number of nitrogens with zero attached hydrogens (tertiary/aromatic N) is 1. The van der Waals surface area contributed by atoms with Gasteiger partial charge in [-0.3, -0.25) is 0 Å². The van der Waals surface area contributed by atoms with Crippen LogP contribution < -0.4 is 14.8 Å². The summed E-state index contributed by atoms with van der Waals surface area (Å²) in [5.41, 5.74) is 2.15. The van der Waals surface area contributed by atoms with Crippen molar-refractivity contribution in [3.8, 4) is 11.5 Å². The van der Waals surface area contributed by atoms with Gasteiger partial charge in [-0.25, -0.2) is 4.98 Å². The number of aryl methyl sites for hydroxylation is 1. The van der Waals surface area contributed by atoms with Crippen LogP contribution in [0.5, 0.6) is 11.5 Å². The zero-order valence-electron chi connectivity index (χ0n) is 11.8. The van der Waals surface area contributed by atoms with E-state index in [-0.39, 0.29) is 0 Å². The Labute approximate surface area is 133 Å². The molecule has 0 atom stereocenters. The topological polar surface area (TPSA) is 43.4 Å². The van der Waals surface area contributed by atoms with Gasteiger partial charge in [0.15, 0.2) is 11.5 Å². The molecule has 0 radical (unpaired) electrons. The van der Waals surface area contributed by atoms with Crippen molar-refractivity contribution in [3.63, 3.8) is 0 Å². The summed E-state index contributed by atoms with van der Waals surface area (Å²) in [6.45, 7) is 4.79. The molecule has 1 aromatic carbocycles. The Bertz CT molecular complexity index is 630. The minimum absolute atomic E-state index is 0.608. The Morgan fingerprint density at radius 2 is 2.14 bits per heavy atom. The third-order valence-electron chi connectivity index (χ3n) is 3.13. The van der Waals surface area contributed by atoms with Crippen LogP contribution in [-0.4, -0.2) is 18.2 Å². The summed E-state index contributed by atoms with van der Waals surface area (Å²) in [6.07, 6.45) is 0.877. The molecular weight excluding hydrogens is 308 g/mol. The lowest BCUT2D eigenvalue weighted by atomic mass is 10.2. The van der Waals surface area contributed by atoms with Crippen LogP contribution in [0.4, 0.5) is 0 Å². The second-order valence-corrected chi connectivity index (χ2v) is 6.29. The Morgan fingerprint density at radius 3 is 2.95 bits per heavy atom. The first-order valence-electron chi connectivity index (χ1n) is 6.92. The third-order valence-corrected chi connectivity index (χ3v) is 4.38. The largest absolute Gasteiger partial charge is 0.489 e. The van der Waals surface area contributed by atoms with E-state index in [1.807, 2.05) is 19.1 Å². The van der Waals surface area contributed by atoms with E-state index in [0.717, 1.165) is 41.5 Å². The fraction of sp³-hybridized carbons (Fsp3) is 0.400. The highest BCUT2D eigenvalue weighted by atomic mass is 35.5. The molecule has 2 aromatic rings. The van der Waals surface area contributed by atoms with Gasteiger partial charge < -0.3 is 14.8 Å². The second kappa shape index (κ2) is 6.64. The number of halogens is 1. The molecule has 0 amide bonds. The van der Waals surface area contributed by atoms with Crippen LogP contribution in [0.1, 0.15) is 22.7 Å². The van der Waals surface area contributed by atoms with Crippen molar-refractivity contribution in [3.05, 3.63) is 38.8 Å². The van der Waals surface area contributed by atoms with Crippen molar-refractivity contribution in [2.75, 3.05) is 13.2 Å². The number of hydrogen-bond donors (Lipinski definition) is 1. The van der Waals surface area contributed by atoms with E-state index >= 15 is 0 Å². The molecule has 1 aromatic heterocycles. The lowest BCUT2D eigenvalue weighted by molar-refractivity contribution is 0.297. The van der Waals surface area contributed by atoms with Crippen LogP contribution in [0, 0.1) is 6.92 Å². The lowest BCUT2D eigenvalue weighted by Crippen LogP contribution is -2.12. The van der Waals surface area contributed by atoms with Gasteiger partial charge in [0.2, 0.25) is 0 Å². The molecule has 2 heterocycles. The van der Waals surface area contributed by atoms with Crippen molar-refractivity contribution in [1.82, 2.24) is 10.3 Å². The maximum atomic E-state index is 6.28. The molecule has 3 rings (SSSR count). The van der Waals surface area contributed by atoms with Gasteiger partial charge in [-0.15, -0.1) is 11.3 Å². The molecule has 0 bridgehead atoms. The zero-order chi connectivity index (χ0) is 14.7. The molecule has 1 aliphatic heterocycles. The molecule has 0 fully saturated rings. The summed E-state index contributed by atoms with van der Waals surface area (Å²) < 4.78 is 11.3. The van der Waals surface area contributed by atoms with E-state index in [0.29, 0.717) is 24.0 Å². The number of fused-ring (bicyclic) bond motifs is 1. The first-order valence-corrected chi connectivity index (χ1v) is 8.18. The Morgan fingerprint density at radius 1 is 1.29 bits per heavy atom. The first kappa shape index (κ1) is 14.6.